The van der Waals surface area contributed by atoms with Gasteiger partial charge in [0.25, 0.3) is 5.91 Å². The first-order valence-corrected chi connectivity index (χ1v) is 5.48. The van der Waals surface area contributed by atoms with Gasteiger partial charge in [0.15, 0.2) is 5.82 Å². The van der Waals surface area contributed by atoms with Crippen LogP contribution in [0.25, 0.3) is 0 Å². The number of anilines is 1. The van der Waals surface area contributed by atoms with Crippen LogP contribution in [-0.4, -0.2) is 20.8 Å². The molecule has 6 nitrogen and oxygen atoms in total. The molecule has 2 aromatic heterocycles. The summed E-state index contributed by atoms with van der Waals surface area (Å²) in [7, 11) is 0. The van der Waals surface area contributed by atoms with E-state index < -0.39 is 12.5 Å². The second kappa shape index (κ2) is 4.79. The summed E-state index contributed by atoms with van der Waals surface area (Å²) in [4.78, 5) is 12.0. The van der Waals surface area contributed by atoms with Gasteiger partial charge >= 0.3 is 6.55 Å². The summed E-state index contributed by atoms with van der Waals surface area (Å²) < 4.78 is 30.6. The lowest BCUT2D eigenvalue weighted by atomic mass is 10.2. The Bertz CT molecular complexity index is 618. The minimum atomic E-state index is -2.78. The third-order valence-corrected chi connectivity index (χ3v) is 2.61. The Labute approximate surface area is 107 Å². The average Bonchev–Trinajstić information content (AvgIpc) is 2.83. The van der Waals surface area contributed by atoms with Crippen LogP contribution < -0.4 is 5.32 Å². The van der Waals surface area contributed by atoms with Crippen LogP contribution in [0, 0.1) is 20.8 Å². The highest BCUT2D eigenvalue weighted by Gasteiger charge is 2.22. The van der Waals surface area contributed by atoms with Crippen LogP contribution in [0.2, 0.25) is 0 Å². The van der Waals surface area contributed by atoms with E-state index in [-0.39, 0.29) is 22.8 Å². The predicted octanol–water partition coefficient (Wildman–Crippen LogP) is 2.44. The number of hydrogen-bond acceptors (Lipinski definition) is 4. The van der Waals surface area contributed by atoms with Crippen LogP contribution in [0.4, 0.5) is 14.6 Å². The number of carbonyl (C=O) groups excluding carboxylic acids is 1. The van der Waals surface area contributed by atoms with E-state index in [1.54, 1.807) is 6.92 Å². The highest BCUT2D eigenvalue weighted by molar-refractivity contribution is 6.05. The van der Waals surface area contributed by atoms with Gasteiger partial charge in [-0.05, 0) is 20.8 Å². The summed E-state index contributed by atoms with van der Waals surface area (Å²) in [5.74, 6) is 0.216. The molecule has 2 heterocycles. The molecule has 0 aliphatic rings. The third-order valence-electron chi connectivity index (χ3n) is 2.61. The maximum atomic E-state index is 12.7. The van der Waals surface area contributed by atoms with Gasteiger partial charge in [-0.2, -0.15) is 13.9 Å². The molecule has 0 saturated carbocycles. The number of nitrogens with zero attached hydrogens (tertiary/aromatic N) is 3. The van der Waals surface area contributed by atoms with Crippen molar-refractivity contribution in [3.63, 3.8) is 0 Å². The van der Waals surface area contributed by atoms with E-state index in [1.165, 1.54) is 19.9 Å². The Morgan fingerprint density at radius 1 is 1.42 bits per heavy atom. The summed E-state index contributed by atoms with van der Waals surface area (Å²) in [5.41, 5.74) is 0.446. The molecular weight excluding hydrogens is 258 g/mol. The fourth-order valence-corrected chi connectivity index (χ4v) is 1.79. The van der Waals surface area contributed by atoms with Gasteiger partial charge in [0, 0.05) is 6.07 Å². The zero-order valence-corrected chi connectivity index (χ0v) is 10.6. The SMILES string of the molecule is Cc1cc(NC(=O)c2c(C)nn(C(F)F)c2C)no1. The van der Waals surface area contributed by atoms with Gasteiger partial charge in [-0.25, -0.2) is 4.68 Å². The number of nitrogens with one attached hydrogen (secondary N) is 1. The molecule has 0 aliphatic carbocycles. The highest BCUT2D eigenvalue weighted by Crippen LogP contribution is 2.20. The molecule has 0 saturated heterocycles. The summed E-state index contributed by atoms with van der Waals surface area (Å²) in [6.07, 6.45) is 0. The Morgan fingerprint density at radius 3 is 2.58 bits per heavy atom. The topological polar surface area (TPSA) is 73.0 Å². The molecule has 2 aromatic rings. The Hall–Kier alpha value is -2.25. The monoisotopic (exact) mass is 270 g/mol. The highest BCUT2D eigenvalue weighted by atomic mass is 19.3. The van der Waals surface area contributed by atoms with E-state index in [0.717, 1.165) is 0 Å². The molecule has 1 amide bonds. The standard InChI is InChI=1S/C11H12F2N4O2/c1-5-4-8(16-19-5)14-10(18)9-6(2)15-17(7(9)3)11(12)13/h4,11H,1-3H3,(H,14,16,18). The summed E-state index contributed by atoms with van der Waals surface area (Å²) in [6, 6.07) is 1.53. The number of hydrogen-bond donors (Lipinski definition) is 1. The molecular formula is C11H12F2N4O2. The quantitative estimate of drug-likeness (QED) is 0.929. The van der Waals surface area contributed by atoms with Crippen molar-refractivity contribution < 1.29 is 18.1 Å². The van der Waals surface area contributed by atoms with Gasteiger partial charge < -0.3 is 9.84 Å². The lowest BCUT2D eigenvalue weighted by molar-refractivity contribution is 0.0540. The number of carbonyl (C=O) groups is 1. The first kappa shape index (κ1) is 13.2. The molecule has 1 N–H and O–H groups in total. The number of aryl methyl sites for hydroxylation is 2. The van der Waals surface area contributed by atoms with Crippen molar-refractivity contribution in [3.8, 4) is 0 Å². The molecule has 0 fully saturated rings. The molecule has 0 spiro atoms. The van der Waals surface area contributed by atoms with Crippen LogP contribution >= 0.6 is 0 Å². The molecule has 2 rings (SSSR count). The zero-order valence-electron chi connectivity index (χ0n) is 10.6. The van der Waals surface area contributed by atoms with Crippen molar-refractivity contribution in [1.82, 2.24) is 14.9 Å². The van der Waals surface area contributed by atoms with Crippen molar-refractivity contribution in [2.45, 2.75) is 27.3 Å². The van der Waals surface area contributed by atoms with Crippen molar-refractivity contribution in [2.24, 2.45) is 0 Å². The molecule has 0 bridgehead atoms. The van der Waals surface area contributed by atoms with Crippen molar-refractivity contribution in [1.29, 1.82) is 0 Å². The Balaban J connectivity index is 2.29. The molecule has 0 radical (unpaired) electrons. The maximum absolute atomic E-state index is 12.7. The lowest BCUT2D eigenvalue weighted by Crippen LogP contribution is -2.14. The molecule has 0 atom stereocenters. The van der Waals surface area contributed by atoms with Crippen LogP contribution in [0.5, 0.6) is 0 Å². The fraction of sp³-hybridized carbons (Fsp3) is 0.364. The van der Waals surface area contributed by atoms with Crippen LogP contribution in [0.1, 0.15) is 34.1 Å². The first-order valence-electron chi connectivity index (χ1n) is 5.48. The smallest absolute Gasteiger partial charge is 0.333 e. The zero-order chi connectivity index (χ0) is 14.2. The normalized spacial score (nSPS) is 11.1. The van der Waals surface area contributed by atoms with E-state index >= 15 is 0 Å². The maximum Gasteiger partial charge on any atom is 0.333 e. The molecule has 102 valence electrons. The van der Waals surface area contributed by atoms with Gasteiger partial charge in [0.05, 0.1) is 17.0 Å². The van der Waals surface area contributed by atoms with Crippen LogP contribution in [-0.2, 0) is 0 Å². The molecule has 0 unspecified atom stereocenters. The lowest BCUT2D eigenvalue weighted by Gasteiger charge is -2.03. The number of halogens is 2. The minimum absolute atomic E-state index is 0.102. The summed E-state index contributed by atoms with van der Waals surface area (Å²) in [6.45, 7) is 1.80. The molecule has 0 aliphatic heterocycles. The fourth-order valence-electron chi connectivity index (χ4n) is 1.79. The summed E-state index contributed by atoms with van der Waals surface area (Å²) >= 11 is 0. The van der Waals surface area contributed by atoms with Gasteiger partial charge in [0.2, 0.25) is 0 Å². The van der Waals surface area contributed by atoms with Crippen LogP contribution in [0.3, 0.4) is 0 Å². The van der Waals surface area contributed by atoms with E-state index in [2.05, 4.69) is 15.6 Å². The van der Waals surface area contributed by atoms with E-state index in [0.29, 0.717) is 10.4 Å². The minimum Gasteiger partial charge on any atom is -0.360 e. The average molecular weight is 270 g/mol. The van der Waals surface area contributed by atoms with Gasteiger partial charge in [0.1, 0.15) is 5.76 Å². The van der Waals surface area contributed by atoms with Crippen molar-refractivity contribution in [3.05, 3.63) is 28.8 Å². The first-order chi connectivity index (χ1) is 8.90. The van der Waals surface area contributed by atoms with E-state index in [4.69, 9.17) is 4.52 Å². The van der Waals surface area contributed by atoms with Crippen molar-refractivity contribution >= 4 is 11.7 Å². The largest absolute Gasteiger partial charge is 0.360 e. The molecule has 19 heavy (non-hydrogen) atoms. The van der Waals surface area contributed by atoms with E-state index in [9.17, 15) is 13.6 Å². The van der Waals surface area contributed by atoms with Gasteiger partial charge in [-0.15, -0.1) is 0 Å². The van der Waals surface area contributed by atoms with Gasteiger partial charge in [-0.1, -0.05) is 5.16 Å². The second-order valence-corrected chi connectivity index (χ2v) is 4.04. The number of rotatable bonds is 3. The predicted molar refractivity (Wildman–Crippen MR) is 62.1 cm³/mol. The van der Waals surface area contributed by atoms with E-state index in [1.807, 2.05) is 0 Å². The Morgan fingerprint density at radius 2 is 2.11 bits per heavy atom. The number of amides is 1. The summed E-state index contributed by atoms with van der Waals surface area (Å²) in [5, 5.41) is 9.71. The van der Waals surface area contributed by atoms with Crippen LogP contribution in [0.15, 0.2) is 10.6 Å². The van der Waals surface area contributed by atoms with Crippen molar-refractivity contribution in [2.75, 3.05) is 5.32 Å². The third kappa shape index (κ3) is 2.47. The molecule has 0 aromatic carbocycles. The van der Waals surface area contributed by atoms with Gasteiger partial charge in [-0.3, -0.25) is 4.79 Å². The number of alkyl halides is 2. The molecule has 8 heteroatoms. The second-order valence-electron chi connectivity index (χ2n) is 4.04. The Kier molecular flexibility index (Phi) is 3.32. The number of aromatic nitrogens is 3.